The molecule has 2 nitrogen and oxygen atoms in total. The Morgan fingerprint density at radius 3 is 2.50 bits per heavy atom. The van der Waals surface area contributed by atoms with E-state index < -0.39 is 0 Å². The number of rotatable bonds is 2. The molecule has 2 aromatic rings. The molecule has 0 amide bonds. The molecular weight excluding hydrogens is 198 g/mol. The Hall–Kier alpha value is -2.09. The summed E-state index contributed by atoms with van der Waals surface area (Å²) in [5.41, 5.74) is 2.63. The van der Waals surface area contributed by atoms with Crippen LogP contribution in [-0.4, -0.2) is 11.3 Å². The van der Waals surface area contributed by atoms with Crippen LogP contribution in [0.5, 0.6) is 5.75 Å². The maximum Gasteiger partial charge on any atom is 0.141 e. The molecule has 0 aromatic heterocycles. The largest absolute Gasteiger partial charge is 0.506 e. The van der Waals surface area contributed by atoms with Gasteiger partial charge in [-0.2, -0.15) is 0 Å². The maximum atomic E-state index is 9.66. The van der Waals surface area contributed by atoms with Crippen molar-refractivity contribution >= 4 is 11.9 Å². The van der Waals surface area contributed by atoms with E-state index in [1.807, 2.05) is 49.4 Å². The van der Waals surface area contributed by atoms with Gasteiger partial charge in [0.1, 0.15) is 11.4 Å². The first-order valence-electron chi connectivity index (χ1n) is 5.14. The number of aliphatic imine (C=N–C) groups is 1. The topological polar surface area (TPSA) is 32.6 Å². The monoisotopic (exact) mass is 211 g/mol. The van der Waals surface area contributed by atoms with E-state index in [2.05, 4.69) is 4.99 Å². The van der Waals surface area contributed by atoms with Gasteiger partial charge in [0.05, 0.1) is 0 Å². The van der Waals surface area contributed by atoms with Crippen molar-refractivity contribution in [3.05, 3.63) is 59.7 Å². The number of hydrogen-bond donors (Lipinski definition) is 1. The molecule has 0 atom stereocenters. The van der Waals surface area contributed by atoms with E-state index in [0.29, 0.717) is 5.69 Å². The molecule has 0 heterocycles. The summed E-state index contributed by atoms with van der Waals surface area (Å²) in [6.07, 6.45) is 1.74. The van der Waals surface area contributed by atoms with Gasteiger partial charge in [0, 0.05) is 6.21 Å². The maximum absolute atomic E-state index is 9.66. The van der Waals surface area contributed by atoms with Crippen LogP contribution in [0.25, 0.3) is 0 Å². The fraction of sp³-hybridized carbons (Fsp3) is 0.0714. The van der Waals surface area contributed by atoms with Crippen molar-refractivity contribution < 1.29 is 5.11 Å². The third-order valence-electron chi connectivity index (χ3n) is 2.28. The Bertz CT molecular complexity index is 503. The van der Waals surface area contributed by atoms with Crippen LogP contribution in [0.1, 0.15) is 11.1 Å². The van der Waals surface area contributed by atoms with Crippen LogP contribution in [0.4, 0.5) is 5.69 Å². The lowest BCUT2D eigenvalue weighted by Crippen LogP contribution is -1.79. The number of aryl methyl sites for hydroxylation is 1. The fourth-order valence-electron chi connectivity index (χ4n) is 1.43. The summed E-state index contributed by atoms with van der Waals surface area (Å²) in [5, 5.41) is 9.66. The molecule has 0 aliphatic heterocycles. The summed E-state index contributed by atoms with van der Waals surface area (Å²) in [6, 6.07) is 15.2. The standard InChI is InChI=1S/C14H13NO/c1-11-7-8-13(14(16)9-11)15-10-12-5-3-2-4-6-12/h2-10,16H,1H3. The Morgan fingerprint density at radius 1 is 1.06 bits per heavy atom. The highest BCUT2D eigenvalue weighted by Gasteiger charge is 1.97. The molecule has 0 aliphatic rings. The highest BCUT2D eigenvalue weighted by molar-refractivity contribution is 5.82. The van der Waals surface area contributed by atoms with E-state index in [0.717, 1.165) is 11.1 Å². The van der Waals surface area contributed by atoms with Crippen molar-refractivity contribution in [2.45, 2.75) is 6.92 Å². The molecule has 0 saturated heterocycles. The van der Waals surface area contributed by atoms with E-state index in [1.165, 1.54) is 0 Å². The number of aromatic hydroxyl groups is 1. The first kappa shape index (κ1) is 10.4. The summed E-state index contributed by atoms with van der Waals surface area (Å²) in [6.45, 7) is 1.93. The van der Waals surface area contributed by atoms with Gasteiger partial charge in [-0.1, -0.05) is 36.4 Å². The van der Waals surface area contributed by atoms with Crippen molar-refractivity contribution in [2.75, 3.05) is 0 Å². The lowest BCUT2D eigenvalue weighted by atomic mass is 10.2. The molecule has 0 radical (unpaired) electrons. The van der Waals surface area contributed by atoms with E-state index in [-0.39, 0.29) is 5.75 Å². The molecule has 0 saturated carbocycles. The minimum Gasteiger partial charge on any atom is -0.506 e. The lowest BCUT2D eigenvalue weighted by Gasteiger charge is -1.99. The van der Waals surface area contributed by atoms with Gasteiger partial charge in [-0.25, -0.2) is 0 Å². The van der Waals surface area contributed by atoms with Crippen LogP contribution in [-0.2, 0) is 0 Å². The van der Waals surface area contributed by atoms with Crippen molar-refractivity contribution in [2.24, 2.45) is 4.99 Å². The van der Waals surface area contributed by atoms with Crippen molar-refractivity contribution in [3.63, 3.8) is 0 Å². The first-order chi connectivity index (χ1) is 7.75. The molecule has 2 heteroatoms. The average molecular weight is 211 g/mol. The third-order valence-corrected chi connectivity index (χ3v) is 2.28. The third kappa shape index (κ3) is 2.48. The molecule has 0 fully saturated rings. The van der Waals surface area contributed by atoms with Gasteiger partial charge in [0.2, 0.25) is 0 Å². The van der Waals surface area contributed by atoms with Crippen molar-refractivity contribution in [1.29, 1.82) is 0 Å². The molecule has 1 N–H and O–H groups in total. The second-order valence-electron chi connectivity index (χ2n) is 3.66. The van der Waals surface area contributed by atoms with Crippen LogP contribution in [0.3, 0.4) is 0 Å². The van der Waals surface area contributed by atoms with E-state index in [9.17, 15) is 5.11 Å². The summed E-state index contributed by atoms with van der Waals surface area (Å²) in [7, 11) is 0. The van der Waals surface area contributed by atoms with E-state index in [4.69, 9.17) is 0 Å². The molecule has 0 bridgehead atoms. The van der Waals surface area contributed by atoms with Crippen molar-refractivity contribution in [3.8, 4) is 5.75 Å². The molecule has 0 spiro atoms. The van der Waals surface area contributed by atoms with Crippen LogP contribution >= 0.6 is 0 Å². The molecule has 2 aromatic carbocycles. The zero-order chi connectivity index (χ0) is 11.4. The zero-order valence-corrected chi connectivity index (χ0v) is 9.09. The summed E-state index contributed by atoms with van der Waals surface area (Å²) in [5.74, 6) is 0.215. The fourth-order valence-corrected chi connectivity index (χ4v) is 1.43. The van der Waals surface area contributed by atoms with Gasteiger partial charge < -0.3 is 5.11 Å². The predicted octanol–water partition coefficient (Wildman–Crippen LogP) is 3.45. The van der Waals surface area contributed by atoms with Crippen LogP contribution < -0.4 is 0 Å². The highest BCUT2D eigenvalue weighted by Crippen LogP contribution is 2.26. The summed E-state index contributed by atoms with van der Waals surface area (Å²) >= 11 is 0. The van der Waals surface area contributed by atoms with Crippen LogP contribution in [0, 0.1) is 6.92 Å². The van der Waals surface area contributed by atoms with Crippen molar-refractivity contribution in [1.82, 2.24) is 0 Å². The average Bonchev–Trinajstić information content (AvgIpc) is 2.29. The van der Waals surface area contributed by atoms with Gasteiger partial charge >= 0.3 is 0 Å². The zero-order valence-electron chi connectivity index (χ0n) is 9.09. The Morgan fingerprint density at radius 2 is 1.81 bits per heavy atom. The van der Waals surface area contributed by atoms with Gasteiger partial charge in [-0.3, -0.25) is 4.99 Å². The number of benzene rings is 2. The normalized spacial score (nSPS) is 10.8. The second kappa shape index (κ2) is 4.62. The van der Waals surface area contributed by atoms with Gasteiger partial charge in [0.25, 0.3) is 0 Å². The van der Waals surface area contributed by atoms with Crippen LogP contribution in [0.15, 0.2) is 53.5 Å². The second-order valence-corrected chi connectivity index (χ2v) is 3.66. The molecule has 0 unspecified atom stereocenters. The molecule has 2 rings (SSSR count). The number of hydrogen-bond acceptors (Lipinski definition) is 2. The number of nitrogens with zero attached hydrogens (tertiary/aromatic N) is 1. The minimum absolute atomic E-state index is 0.215. The predicted molar refractivity (Wildman–Crippen MR) is 66.5 cm³/mol. The highest BCUT2D eigenvalue weighted by atomic mass is 16.3. The molecule has 16 heavy (non-hydrogen) atoms. The van der Waals surface area contributed by atoms with Gasteiger partial charge in [-0.05, 0) is 30.2 Å². The molecule has 80 valence electrons. The lowest BCUT2D eigenvalue weighted by molar-refractivity contribution is 0.476. The van der Waals surface area contributed by atoms with Gasteiger partial charge in [0.15, 0.2) is 0 Å². The molecular formula is C14H13NO. The van der Waals surface area contributed by atoms with E-state index in [1.54, 1.807) is 12.3 Å². The van der Waals surface area contributed by atoms with Crippen LogP contribution in [0.2, 0.25) is 0 Å². The minimum atomic E-state index is 0.215. The van der Waals surface area contributed by atoms with E-state index >= 15 is 0 Å². The SMILES string of the molecule is Cc1ccc(N=Cc2ccccc2)c(O)c1. The Kier molecular flexibility index (Phi) is 3.01. The molecule has 0 aliphatic carbocycles. The Balaban J connectivity index is 2.24. The quantitative estimate of drug-likeness (QED) is 0.758. The number of phenols is 1. The smallest absolute Gasteiger partial charge is 0.141 e. The Labute approximate surface area is 94.9 Å². The number of phenolic OH excluding ortho intramolecular Hbond substituents is 1. The summed E-state index contributed by atoms with van der Waals surface area (Å²) < 4.78 is 0. The first-order valence-corrected chi connectivity index (χ1v) is 5.14. The summed E-state index contributed by atoms with van der Waals surface area (Å²) in [4.78, 5) is 4.24. The van der Waals surface area contributed by atoms with Gasteiger partial charge in [-0.15, -0.1) is 0 Å².